The van der Waals surface area contributed by atoms with E-state index in [9.17, 15) is 14.0 Å². The van der Waals surface area contributed by atoms with Crippen LogP contribution in [0, 0.1) is 5.82 Å². The van der Waals surface area contributed by atoms with E-state index in [1.165, 1.54) is 39.2 Å². The van der Waals surface area contributed by atoms with Crippen molar-refractivity contribution in [3.63, 3.8) is 0 Å². The molecule has 0 N–H and O–H groups in total. The third-order valence-corrected chi connectivity index (χ3v) is 7.45. The first kappa shape index (κ1) is 21.6. The molecule has 0 aliphatic carbocycles. The van der Waals surface area contributed by atoms with Gasteiger partial charge in [0.15, 0.2) is 5.17 Å². The van der Waals surface area contributed by atoms with Crippen LogP contribution in [0.4, 0.5) is 10.1 Å². The van der Waals surface area contributed by atoms with Gasteiger partial charge in [0.05, 0.1) is 11.4 Å². The van der Waals surface area contributed by atoms with Gasteiger partial charge in [-0.2, -0.15) is 0 Å². The average Bonchev–Trinajstić information content (AvgIpc) is 3.43. The number of thioether (sulfide) groups is 1. The van der Waals surface area contributed by atoms with E-state index in [1.807, 2.05) is 35.2 Å². The molecule has 2 amide bonds. The Balaban J connectivity index is 1.37. The second-order valence-corrected chi connectivity index (χ2v) is 9.62. The molecule has 5 nitrogen and oxygen atoms in total. The number of rotatable bonds is 4. The summed E-state index contributed by atoms with van der Waals surface area (Å²) in [6.07, 6.45) is 2.59. The predicted molar refractivity (Wildman–Crippen MR) is 132 cm³/mol. The molecule has 2 aliphatic rings. The summed E-state index contributed by atoms with van der Waals surface area (Å²) in [4.78, 5) is 35.3. The van der Waals surface area contributed by atoms with Crippen molar-refractivity contribution in [3.8, 4) is 0 Å². The molecular weight excluding hydrogens is 457 g/mol. The fraction of sp³-hybridized carbons (Fsp3) is 0.160. The number of amides is 2. The number of anilines is 1. The molecule has 2 aliphatic heterocycles. The van der Waals surface area contributed by atoms with Crippen LogP contribution in [0.2, 0.25) is 0 Å². The number of amidine groups is 1. The molecule has 166 valence electrons. The van der Waals surface area contributed by atoms with Gasteiger partial charge in [0.1, 0.15) is 11.5 Å². The van der Waals surface area contributed by atoms with E-state index in [-0.39, 0.29) is 29.1 Å². The summed E-state index contributed by atoms with van der Waals surface area (Å²) < 4.78 is 13.5. The molecule has 0 spiro atoms. The number of thiophene rings is 1. The smallest absolute Gasteiger partial charge is 0.283 e. The van der Waals surface area contributed by atoms with Crippen molar-refractivity contribution in [2.24, 2.45) is 4.99 Å². The third-order valence-electron chi connectivity index (χ3n) is 5.50. The summed E-state index contributed by atoms with van der Waals surface area (Å²) in [6.45, 7) is 1.31. The number of fused-ring (bicyclic) bond motifs is 1. The molecule has 0 atom stereocenters. The van der Waals surface area contributed by atoms with E-state index in [1.54, 1.807) is 29.5 Å². The van der Waals surface area contributed by atoms with Crippen LogP contribution in [-0.4, -0.2) is 34.2 Å². The molecule has 33 heavy (non-hydrogen) atoms. The minimum absolute atomic E-state index is 0.00606. The lowest BCUT2D eigenvalue weighted by Gasteiger charge is -2.27. The predicted octanol–water partition coefficient (Wildman–Crippen LogP) is 4.95. The number of aliphatic imine (C=N–C) groups is 1. The van der Waals surface area contributed by atoms with Crippen LogP contribution in [0.1, 0.15) is 16.0 Å². The van der Waals surface area contributed by atoms with E-state index in [0.29, 0.717) is 23.9 Å². The number of nitrogens with zero attached hydrogens (tertiary/aromatic N) is 3. The van der Waals surface area contributed by atoms with Crippen LogP contribution in [0.5, 0.6) is 0 Å². The molecule has 0 radical (unpaired) electrons. The van der Waals surface area contributed by atoms with Gasteiger partial charge in [-0.3, -0.25) is 14.5 Å². The van der Waals surface area contributed by atoms with Crippen molar-refractivity contribution < 1.29 is 14.0 Å². The number of carbonyl (C=O) groups excluding carboxylic acids is 2. The Hall–Kier alpha value is -3.23. The third kappa shape index (κ3) is 4.62. The number of hydrogen-bond acceptors (Lipinski definition) is 5. The van der Waals surface area contributed by atoms with Gasteiger partial charge in [-0.05, 0) is 59.3 Å². The molecule has 3 heterocycles. The van der Waals surface area contributed by atoms with Gasteiger partial charge in [0, 0.05) is 18.0 Å². The number of carbonyl (C=O) groups is 2. The Morgan fingerprint density at radius 2 is 1.91 bits per heavy atom. The maximum absolute atomic E-state index is 13.5. The number of halogens is 1. The zero-order valence-corrected chi connectivity index (χ0v) is 19.2. The topological polar surface area (TPSA) is 53.0 Å². The normalized spacial score (nSPS) is 16.8. The van der Waals surface area contributed by atoms with Crippen LogP contribution in [0.25, 0.3) is 6.08 Å². The molecule has 5 rings (SSSR count). The highest BCUT2D eigenvalue weighted by molar-refractivity contribution is 8.14. The Morgan fingerprint density at radius 1 is 1.12 bits per heavy atom. The van der Waals surface area contributed by atoms with Gasteiger partial charge in [0.2, 0.25) is 5.91 Å². The fourth-order valence-electron chi connectivity index (χ4n) is 3.80. The minimum Gasteiger partial charge on any atom is -0.337 e. The largest absolute Gasteiger partial charge is 0.337 e. The van der Waals surface area contributed by atoms with Crippen molar-refractivity contribution in [3.05, 3.63) is 93.6 Å². The Kier molecular flexibility index (Phi) is 6.11. The monoisotopic (exact) mass is 477 g/mol. The van der Waals surface area contributed by atoms with Crippen molar-refractivity contribution >= 4 is 51.8 Å². The van der Waals surface area contributed by atoms with Crippen LogP contribution >= 0.6 is 23.1 Å². The van der Waals surface area contributed by atoms with Gasteiger partial charge in [0.25, 0.3) is 5.91 Å². The number of hydrogen-bond donors (Lipinski definition) is 0. The van der Waals surface area contributed by atoms with E-state index in [4.69, 9.17) is 0 Å². The lowest BCUT2D eigenvalue weighted by atomic mass is 10.1. The molecule has 0 saturated heterocycles. The highest BCUT2D eigenvalue weighted by Gasteiger charge is 2.33. The first-order chi connectivity index (χ1) is 16.1. The van der Waals surface area contributed by atoms with Crippen LogP contribution < -0.4 is 4.90 Å². The molecule has 0 saturated carbocycles. The molecule has 0 bridgehead atoms. The second-order valence-electron chi connectivity index (χ2n) is 7.67. The fourth-order valence-corrected chi connectivity index (χ4v) is 5.60. The van der Waals surface area contributed by atoms with E-state index < -0.39 is 0 Å². The molecule has 3 aromatic rings. The van der Waals surface area contributed by atoms with Gasteiger partial charge in [-0.1, -0.05) is 42.1 Å². The summed E-state index contributed by atoms with van der Waals surface area (Å²) in [7, 11) is 0. The first-order valence-corrected chi connectivity index (χ1v) is 12.4. The zero-order chi connectivity index (χ0) is 22.8. The van der Waals surface area contributed by atoms with Crippen molar-refractivity contribution in [1.82, 2.24) is 4.90 Å². The molecule has 1 aromatic heterocycles. The Bertz CT molecular complexity index is 1250. The summed E-state index contributed by atoms with van der Waals surface area (Å²) >= 11 is 2.96. The lowest BCUT2D eigenvalue weighted by Crippen LogP contribution is -2.37. The second kappa shape index (κ2) is 9.33. The number of benzene rings is 2. The van der Waals surface area contributed by atoms with E-state index in [0.717, 1.165) is 12.0 Å². The van der Waals surface area contributed by atoms with Crippen LogP contribution in [0.15, 0.2) is 76.7 Å². The molecule has 8 heteroatoms. The SMILES string of the molecule is O=C(CSC1=N/C(=C/c2ccccc2)C(=O)N1c1ccc(F)cc1)N1CCc2sccc2C1. The highest BCUT2D eigenvalue weighted by Crippen LogP contribution is 2.30. The van der Waals surface area contributed by atoms with Crippen molar-refractivity contribution in [1.29, 1.82) is 0 Å². The van der Waals surface area contributed by atoms with E-state index in [2.05, 4.69) is 16.4 Å². The van der Waals surface area contributed by atoms with Gasteiger partial charge in [-0.25, -0.2) is 9.38 Å². The van der Waals surface area contributed by atoms with Crippen molar-refractivity contribution in [2.75, 3.05) is 17.2 Å². The van der Waals surface area contributed by atoms with Gasteiger partial charge >= 0.3 is 0 Å². The molecule has 0 unspecified atom stereocenters. The lowest BCUT2D eigenvalue weighted by molar-refractivity contribution is -0.129. The highest BCUT2D eigenvalue weighted by atomic mass is 32.2. The summed E-state index contributed by atoms with van der Waals surface area (Å²) in [5, 5.41) is 2.48. The van der Waals surface area contributed by atoms with Gasteiger partial charge < -0.3 is 4.90 Å². The van der Waals surface area contributed by atoms with E-state index >= 15 is 0 Å². The van der Waals surface area contributed by atoms with Crippen LogP contribution in [-0.2, 0) is 22.6 Å². The molecular formula is C25H20FN3O2S2. The zero-order valence-electron chi connectivity index (χ0n) is 17.6. The average molecular weight is 478 g/mol. The standard InChI is InChI=1S/C25H20FN3O2S2/c26-19-6-8-20(9-7-19)29-24(31)21(14-17-4-2-1-3-5-17)27-25(29)33-16-23(30)28-12-10-22-18(15-28)11-13-32-22/h1-9,11,13-14H,10,12,15-16H2/b21-14+. The first-order valence-electron chi connectivity index (χ1n) is 10.5. The van der Waals surface area contributed by atoms with Crippen LogP contribution in [0.3, 0.4) is 0 Å². The molecule has 0 fully saturated rings. The minimum atomic E-state index is -0.385. The van der Waals surface area contributed by atoms with Crippen molar-refractivity contribution in [2.45, 2.75) is 13.0 Å². The summed E-state index contributed by atoms with van der Waals surface area (Å²) in [6, 6.07) is 17.2. The summed E-state index contributed by atoms with van der Waals surface area (Å²) in [5.41, 5.74) is 2.85. The van der Waals surface area contributed by atoms with Gasteiger partial charge in [-0.15, -0.1) is 11.3 Å². The maximum Gasteiger partial charge on any atom is 0.283 e. The quantitative estimate of drug-likeness (QED) is 0.500. The Labute approximate surface area is 199 Å². The Morgan fingerprint density at radius 3 is 2.70 bits per heavy atom. The summed E-state index contributed by atoms with van der Waals surface area (Å²) in [5.74, 6) is -0.514. The molecule has 2 aromatic carbocycles. The maximum atomic E-state index is 13.5.